The Morgan fingerprint density at radius 2 is 2.44 bits per heavy atom. The average Bonchev–Trinajstić information content (AvgIpc) is 2.65. The first kappa shape index (κ1) is 11.3. The summed E-state index contributed by atoms with van der Waals surface area (Å²) in [6.45, 7) is 6.20. The Bertz CT molecular complexity index is 550. The highest BCUT2D eigenvalue weighted by Crippen LogP contribution is 2.22. The molecule has 0 atom stereocenters. The largest absolute Gasteiger partial charge is 0.365 e. The van der Waals surface area contributed by atoms with Crippen molar-refractivity contribution in [3.8, 4) is 0 Å². The highest BCUT2D eigenvalue weighted by Gasteiger charge is 2.11. The number of fused-ring (bicyclic) bond motifs is 1. The van der Waals surface area contributed by atoms with Crippen molar-refractivity contribution >= 4 is 39.1 Å². The van der Waals surface area contributed by atoms with E-state index in [1.165, 1.54) is 6.33 Å². The third-order valence-electron chi connectivity index (χ3n) is 2.05. The van der Waals surface area contributed by atoms with Gasteiger partial charge >= 0.3 is 0 Å². The van der Waals surface area contributed by atoms with Gasteiger partial charge in [0.25, 0.3) is 5.78 Å². The Kier molecular flexibility index (Phi) is 3.11. The van der Waals surface area contributed by atoms with Crippen molar-refractivity contribution < 1.29 is 0 Å². The van der Waals surface area contributed by atoms with Gasteiger partial charge in [0.1, 0.15) is 17.3 Å². The summed E-state index contributed by atoms with van der Waals surface area (Å²) in [6.07, 6.45) is 1.44. The van der Waals surface area contributed by atoms with E-state index in [0.717, 1.165) is 15.9 Å². The molecule has 0 bridgehead atoms. The topological polar surface area (TPSA) is 55.1 Å². The van der Waals surface area contributed by atoms with Gasteiger partial charge in [-0.3, -0.25) is 0 Å². The minimum Gasteiger partial charge on any atom is -0.365 e. The molecular formula is C9H9BrClN5. The Hall–Kier alpha value is -1.14. The van der Waals surface area contributed by atoms with Crippen LogP contribution >= 0.6 is 27.5 Å². The zero-order valence-electron chi connectivity index (χ0n) is 8.54. The molecule has 0 amide bonds. The molecule has 0 radical (unpaired) electrons. The number of hydrogen-bond acceptors (Lipinski definition) is 4. The van der Waals surface area contributed by atoms with Gasteiger partial charge in [-0.2, -0.15) is 19.6 Å². The highest BCUT2D eigenvalue weighted by atomic mass is 79.9. The molecular weight excluding hydrogens is 293 g/mol. The van der Waals surface area contributed by atoms with Crippen LogP contribution in [0.25, 0.3) is 5.78 Å². The summed E-state index contributed by atoms with van der Waals surface area (Å²) in [5.74, 6) is 1.24. The van der Waals surface area contributed by atoms with E-state index in [-0.39, 0.29) is 0 Å². The number of nitrogens with zero attached hydrogens (tertiary/aromatic N) is 4. The second-order valence-electron chi connectivity index (χ2n) is 3.22. The van der Waals surface area contributed by atoms with Crippen LogP contribution in [-0.4, -0.2) is 26.1 Å². The number of nitrogens with one attached hydrogen (secondary N) is 1. The van der Waals surface area contributed by atoms with E-state index in [1.54, 1.807) is 4.52 Å². The summed E-state index contributed by atoms with van der Waals surface area (Å²) in [6, 6.07) is 0. The predicted molar refractivity (Wildman–Crippen MR) is 67.1 cm³/mol. The summed E-state index contributed by atoms with van der Waals surface area (Å²) >= 11 is 9.28. The fraction of sp³-hybridized carbons (Fsp3) is 0.222. The smallest absolute Gasteiger partial charge is 0.255 e. The summed E-state index contributed by atoms with van der Waals surface area (Å²) in [7, 11) is 0. The zero-order chi connectivity index (χ0) is 11.7. The Morgan fingerprint density at radius 1 is 1.69 bits per heavy atom. The highest BCUT2D eigenvalue weighted by molar-refractivity contribution is 9.11. The molecule has 16 heavy (non-hydrogen) atoms. The minimum atomic E-state index is 0.420. The molecule has 0 aliphatic rings. The van der Waals surface area contributed by atoms with Crippen LogP contribution in [0.2, 0.25) is 5.15 Å². The molecule has 0 aliphatic heterocycles. The molecule has 0 aromatic carbocycles. The first-order valence-electron chi connectivity index (χ1n) is 4.52. The molecule has 0 aliphatic carbocycles. The second-order valence-corrected chi connectivity index (χ2v) is 4.70. The number of halogens is 2. The minimum absolute atomic E-state index is 0.420. The van der Waals surface area contributed by atoms with Gasteiger partial charge in [0.15, 0.2) is 0 Å². The number of aromatic nitrogens is 4. The molecule has 0 fully saturated rings. The third-order valence-corrected chi connectivity index (χ3v) is 2.70. The lowest BCUT2D eigenvalue weighted by Gasteiger charge is -2.10. The molecule has 1 N–H and O–H groups in total. The van der Waals surface area contributed by atoms with Crippen molar-refractivity contribution in [2.24, 2.45) is 0 Å². The normalized spacial score (nSPS) is 10.7. The van der Waals surface area contributed by atoms with Crippen molar-refractivity contribution in [3.05, 3.63) is 28.1 Å². The first-order valence-corrected chi connectivity index (χ1v) is 5.69. The van der Waals surface area contributed by atoms with Gasteiger partial charge in [0.05, 0.1) is 0 Å². The lowest BCUT2D eigenvalue weighted by Crippen LogP contribution is -2.09. The molecule has 2 rings (SSSR count). The zero-order valence-corrected chi connectivity index (χ0v) is 10.9. The van der Waals surface area contributed by atoms with Gasteiger partial charge < -0.3 is 5.32 Å². The van der Waals surface area contributed by atoms with E-state index in [1.807, 2.05) is 6.92 Å². The SMILES string of the molecule is C=C(Br)CNc1c(C)c(Cl)nc2ncnn12. The molecule has 7 heteroatoms. The van der Waals surface area contributed by atoms with E-state index in [9.17, 15) is 0 Å². The quantitative estimate of drug-likeness (QED) is 0.885. The predicted octanol–water partition coefficient (Wildman–Crippen LogP) is 2.41. The Labute approximate surface area is 106 Å². The average molecular weight is 303 g/mol. The van der Waals surface area contributed by atoms with Crippen LogP contribution in [-0.2, 0) is 0 Å². The van der Waals surface area contributed by atoms with Crippen molar-refractivity contribution in [1.82, 2.24) is 19.6 Å². The molecule has 2 aromatic rings. The van der Waals surface area contributed by atoms with E-state index in [2.05, 4.69) is 42.9 Å². The van der Waals surface area contributed by atoms with Crippen molar-refractivity contribution in [1.29, 1.82) is 0 Å². The van der Waals surface area contributed by atoms with Crippen molar-refractivity contribution in [2.45, 2.75) is 6.92 Å². The lowest BCUT2D eigenvalue weighted by molar-refractivity contribution is 0.926. The van der Waals surface area contributed by atoms with Crippen LogP contribution in [0.4, 0.5) is 5.82 Å². The summed E-state index contributed by atoms with van der Waals surface area (Å²) in [5.41, 5.74) is 0.827. The lowest BCUT2D eigenvalue weighted by atomic mass is 10.3. The summed E-state index contributed by atoms with van der Waals surface area (Å²) in [5, 5.41) is 7.67. The molecule has 84 valence electrons. The summed E-state index contributed by atoms with van der Waals surface area (Å²) < 4.78 is 2.45. The fourth-order valence-corrected chi connectivity index (χ4v) is 1.59. The van der Waals surface area contributed by atoms with Gasteiger partial charge in [-0.25, -0.2) is 0 Å². The van der Waals surface area contributed by atoms with Crippen LogP contribution in [0, 0.1) is 6.92 Å². The van der Waals surface area contributed by atoms with Crippen molar-refractivity contribution in [3.63, 3.8) is 0 Å². The maximum atomic E-state index is 6.00. The maximum Gasteiger partial charge on any atom is 0.255 e. The van der Waals surface area contributed by atoms with E-state index in [4.69, 9.17) is 11.6 Å². The van der Waals surface area contributed by atoms with Crippen LogP contribution in [0.15, 0.2) is 17.4 Å². The van der Waals surface area contributed by atoms with Gasteiger partial charge in [0, 0.05) is 16.6 Å². The number of rotatable bonds is 3. The Morgan fingerprint density at radius 3 is 3.12 bits per heavy atom. The summed E-state index contributed by atoms with van der Waals surface area (Å²) in [4.78, 5) is 8.09. The van der Waals surface area contributed by atoms with Crippen LogP contribution in [0.1, 0.15) is 5.56 Å². The van der Waals surface area contributed by atoms with E-state index < -0.39 is 0 Å². The number of hydrogen-bond donors (Lipinski definition) is 1. The molecule has 0 spiro atoms. The van der Waals surface area contributed by atoms with E-state index >= 15 is 0 Å². The van der Waals surface area contributed by atoms with E-state index in [0.29, 0.717) is 17.5 Å². The molecule has 0 saturated carbocycles. The van der Waals surface area contributed by atoms with Crippen LogP contribution in [0.3, 0.4) is 0 Å². The standard InChI is InChI=1S/C9H9BrClN5/c1-5(10)3-12-8-6(2)7(11)15-9-13-4-14-16(8)9/h4,12H,1,3H2,2H3. The van der Waals surface area contributed by atoms with Crippen molar-refractivity contribution in [2.75, 3.05) is 11.9 Å². The third kappa shape index (κ3) is 2.03. The fourth-order valence-electron chi connectivity index (χ4n) is 1.28. The van der Waals surface area contributed by atoms with Gasteiger partial charge in [-0.05, 0) is 6.92 Å². The molecule has 2 aromatic heterocycles. The molecule has 0 saturated heterocycles. The van der Waals surface area contributed by atoms with Crippen LogP contribution in [0.5, 0.6) is 0 Å². The Balaban J connectivity index is 2.51. The second kappa shape index (κ2) is 4.39. The molecule has 2 heterocycles. The molecule has 0 unspecified atom stereocenters. The van der Waals surface area contributed by atoms with Gasteiger partial charge in [0.2, 0.25) is 0 Å². The first-order chi connectivity index (χ1) is 7.59. The number of anilines is 1. The van der Waals surface area contributed by atoms with Gasteiger partial charge in [-0.15, -0.1) is 0 Å². The monoisotopic (exact) mass is 301 g/mol. The van der Waals surface area contributed by atoms with Gasteiger partial charge in [-0.1, -0.05) is 34.1 Å². The van der Waals surface area contributed by atoms with Crippen LogP contribution < -0.4 is 5.32 Å². The molecule has 5 nitrogen and oxygen atoms in total. The maximum absolute atomic E-state index is 6.00.